The number of furan rings is 1. The predicted molar refractivity (Wildman–Crippen MR) is 133 cm³/mol. The average molecular weight is 467 g/mol. The summed E-state index contributed by atoms with van der Waals surface area (Å²) in [5.74, 6) is 0.947. The highest BCUT2D eigenvalue weighted by atomic mass is 35.5. The Bertz CT molecular complexity index is 1330. The Morgan fingerprint density at radius 2 is 1.82 bits per heavy atom. The lowest BCUT2D eigenvalue weighted by molar-refractivity contribution is 0.253. The summed E-state index contributed by atoms with van der Waals surface area (Å²) in [6, 6.07) is 17.8. The van der Waals surface area contributed by atoms with Gasteiger partial charge in [-0.2, -0.15) is 4.98 Å². The van der Waals surface area contributed by atoms with E-state index >= 15 is 0 Å². The molecule has 33 heavy (non-hydrogen) atoms. The standard InChI is InChI=1S/C25H26N4O3.ClH/c1-29-23(31)20-19(16-6-3-2-4-7-16)21(32-22(20)28-24(29)27-14-15-30)17-8-10-18(11-9-17)25(26)12-5-13-25;/h2-4,6-11,30H,5,12-15,26H2,1H3,(H,27,28);1H. The molecule has 1 saturated carbocycles. The second kappa shape index (κ2) is 9.02. The van der Waals surface area contributed by atoms with E-state index in [1.54, 1.807) is 7.05 Å². The van der Waals surface area contributed by atoms with E-state index in [1.807, 2.05) is 42.5 Å². The van der Waals surface area contributed by atoms with Crippen molar-refractivity contribution in [1.82, 2.24) is 9.55 Å². The van der Waals surface area contributed by atoms with Gasteiger partial charge >= 0.3 is 0 Å². The Morgan fingerprint density at radius 3 is 2.42 bits per heavy atom. The van der Waals surface area contributed by atoms with Crippen LogP contribution in [0.3, 0.4) is 0 Å². The summed E-state index contributed by atoms with van der Waals surface area (Å²) in [6.07, 6.45) is 3.15. The van der Waals surface area contributed by atoms with E-state index in [4.69, 9.17) is 15.3 Å². The highest BCUT2D eigenvalue weighted by Gasteiger charge is 2.34. The number of aliphatic hydroxyl groups excluding tert-OH is 1. The third kappa shape index (κ3) is 3.93. The fourth-order valence-electron chi connectivity index (χ4n) is 4.34. The molecule has 1 aliphatic rings. The molecule has 2 aromatic heterocycles. The Hall–Kier alpha value is -3.13. The normalized spacial score (nSPS) is 14.5. The summed E-state index contributed by atoms with van der Waals surface area (Å²) in [6.45, 7) is 0.217. The Morgan fingerprint density at radius 1 is 1.12 bits per heavy atom. The largest absolute Gasteiger partial charge is 0.437 e. The average Bonchev–Trinajstić information content (AvgIpc) is 3.19. The van der Waals surface area contributed by atoms with Crippen LogP contribution in [0.4, 0.5) is 5.95 Å². The van der Waals surface area contributed by atoms with Crippen molar-refractivity contribution in [2.75, 3.05) is 18.5 Å². The van der Waals surface area contributed by atoms with Gasteiger partial charge in [0.25, 0.3) is 5.56 Å². The minimum absolute atomic E-state index is 0. The zero-order valence-electron chi connectivity index (χ0n) is 18.4. The van der Waals surface area contributed by atoms with E-state index in [1.165, 1.54) is 4.57 Å². The van der Waals surface area contributed by atoms with Gasteiger partial charge in [0, 0.05) is 30.3 Å². The van der Waals surface area contributed by atoms with Gasteiger partial charge in [-0.15, -0.1) is 12.4 Å². The molecular weight excluding hydrogens is 440 g/mol. The van der Waals surface area contributed by atoms with E-state index in [0.717, 1.165) is 41.5 Å². The molecule has 0 unspecified atom stereocenters. The van der Waals surface area contributed by atoms with Crippen LogP contribution in [0.5, 0.6) is 0 Å². The maximum absolute atomic E-state index is 13.3. The van der Waals surface area contributed by atoms with Gasteiger partial charge in [0.05, 0.1) is 6.61 Å². The van der Waals surface area contributed by atoms with Crippen LogP contribution in [0.25, 0.3) is 33.6 Å². The zero-order chi connectivity index (χ0) is 22.3. The number of nitrogens with one attached hydrogen (secondary N) is 1. The van der Waals surface area contributed by atoms with Crippen molar-refractivity contribution in [3.63, 3.8) is 0 Å². The van der Waals surface area contributed by atoms with E-state index in [0.29, 0.717) is 17.1 Å². The van der Waals surface area contributed by atoms with Crippen molar-refractivity contribution in [3.05, 3.63) is 70.5 Å². The van der Waals surface area contributed by atoms with Crippen LogP contribution in [0.15, 0.2) is 63.8 Å². The van der Waals surface area contributed by atoms with Crippen molar-refractivity contribution in [3.8, 4) is 22.5 Å². The number of nitrogens with two attached hydrogens (primary N) is 1. The number of hydrogen-bond donors (Lipinski definition) is 3. The Balaban J connectivity index is 0.00000259. The molecule has 0 radical (unpaired) electrons. The number of aliphatic hydroxyl groups is 1. The third-order valence-corrected chi connectivity index (χ3v) is 6.36. The van der Waals surface area contributed by atoms with Crippen molar-refractivity contribution >= 4 is 29.5 Å². The summed E-state index contributed by atoms with van der Waals surface area (Å²) < 4.78 is 7.65. The van der Waals surface area contributed by atoms with Gasteiger partial charge in [0.1, 0.15) is 11.1 Å². The first kappa shape index (κ1) is 23.0. The number of hydrogen-bond acceptors (Lipinski definition) is 6. The molecule has 0 amide bonds. The molecule has 0 atom stereocenters. The van der Waals surface area contributed by atoms with E-state index < -0.39 is 0 Å². The highest BCUT2D eigenvalue weighted by Crippen LogP contribution is 2.42. The van der Waals surface area contributed by atoms with Crippen molar-refractivity contribution in [2.45, 2.75) is 24.8 Å². The van der Waals surface area contributed by atoms with Crippen LogP contribution in [0.2, 0.25) is 0 Å². The Kier molecular flexibility index (Phi) is 6.30. The predicted octanol–water partition coefficient (Wildman–Crippen LogP) is 4.02. The van der Waals surface area contributed by atoms with Crippen LogP contribution >= 0.6 is 12.4 Å². The van der Waals surface area contributed by atoms with E-state index in [-0.39, 0.29) is 42.4 Å². The lowest BCUT2D eigenvalue weighted by atomic mass is 9.72. The first-order chi connectivity index (χ1) is 15.5. The SMILES string of the molecule is Cl.Cn1c(NCCO)nc2oc(-c3ccc(C4(N)CCC4)cc3)c(-c3ccccc3)c2c1=O. The molecule has 5 rings (SSSR count). The van der Waals surface area contributed by atoms with Gasteiger partial charge in [-0.3, -0.25) is 9.36 Å². The van der Waals surface area contributed by atoms with Crippen LogP contribution in [-0.4, -0.2) is 27.8 Å². The summed E-state index contributed by atoms with van der Waals surface area (Å²) in [4.78, 5) is 17.9. The molecular formula is C25H27ClN4O3. The summed E-state index contributed by atoms with van der Waals surface area (Å²) >= 11 is 0. The quantitative estimate of drug-likeness (QED) is 0.396. The molecule has 2 aromatic carbocycles. The number of aromatic nitrogens is 2. The van der Waals surface area contributed by atoms with E-state index in [2.05, 4.69) is 22.4 Å². The minimum Gasteiger partial charge on any atom is -0.437 e. The number of anilines is 1. The third-order valence-electron chi connectivity index (χ3n) is 6.36. The molecule has 0 saturated heterocycles. The van der Waals surface area contributed by atoms with Crippen molar-refractivity contribution in [2.24, 2.45) is 12.8 Å². The number of fused-ring (bicyclic) bond motifs is 1. The lowest BCUT2D eigenvalue weighted by Crippen LogP contribution is -2.43. The molecule has 8 heteroatoms. The topological polar surface area (TPSA) is 106 Å². The molecule has 1 fully saturated rings. The van der Waals surface area contributed by atoms with Crippen LogP contribution < -0.4 is 16.6 Å². The van der Waals surface area contributed by atoms with Crippen molar-refractivity contribution in [1.29, 1.82) is 0 Å². The Labute approximate surface area is 197 Å². The maximum atomic E-state index is 13.3. The molecule has 172 valence electrons. The lowest BCUT2D eigenvalue weighted by Gasteiger charge is -2.38. The number of benzene rings is 2. The summed E-state index contributed by atoms with van der Waals surface area (Å²) in [5, 5.41) is 12.5. The van der Waals surface area contributed by atoms with E-state index in [9.17, 15) is 4.79 Å². The van der Waals surface area contributed by atoms with Gasteiger partial charge in [0.2, 0.25) is 11.7 Å². The molecule has 2 heterocycles. The number of nitrogens with zero attached hydrogens (tertiary/aromatic N) is 2. The highest BCUT2D eigenvalue weighted by molar-refractivity contribution is 6.00. The smallest absolute Gasteiger partial charge is 0.266 e. The van der Waals surface area contributed by atoms with Crippen LogP contribution in [0, 0.1) is 0 Å². The molecule has 4 N–H and O–H groups in total. The van der Waals surface area contributed by atoms with Gasteiger partial charge in [-0.25, -0.2) is 0 Å². The summed E-state index contributed by atoms with van der Waals surface area (Å²) in [5.41, 5.74) is 9.89. The fourth-order valence-corrected chi connectivity index (χ4v) is 4.34. The van der Waals surface area contributed by atoms with Gasteiger partial charge in [-0.1, -0.05) is 54.6 Å². The maximum Gasteiger partial charge on any atom is 0.266 e. The molecule has 1 aliphatic carbocycles. The second-order valence-corrected chi connectivity index (χ2v) is 8.39. The zero-order valence-corrected chi connectivity index (χ0v) is 19.2. The molecule has 0 aliphatic heterocycles. The fraction of sp³-hybridized carbons (Fsp3) is 0.280. The van der Waals surface area contributed by atoms with Crippen LogP contribution in [0.1, 0.15) is 24.8 Å². The van der Waals surface area contributed by atoms with Gasteiger partial charge < -0.3 is 20.6 Å². The monoisotopic (exact) mass is 466 g/mol. The molecule has 0 bridgehead atoms. The van der Waals surface area contributed by atoms with Gasteiger partial charge in [0.15, 0.2) is 0 Å². The first-order valence-electron chi connectivity index (χ1n) is 10.9. The molecule has 4 aromatic rings. The van der Waals surface area contributed by atoms with Crippen molar-refractivity contribution < 1.29 is 9.52 Å². The summed E-state index contributed by atoms with van der Waals surface area (Å²) in [7, 11) is 1.66. The van der Waals surface area contributed by atoms with Gasteiger partial charge in [-0.05, 0) is 30.4 Å². The second-order valence-electron chi connectivity index (χ2n) is 8.39. The number of rotatable bonds is 6. The minimum atomic E-state index is -0.237. The molecule has 0 spiro atoms. The molecule has 7 nitrogen and oxygen atoms in total. The first-order valence-corrected chi connectivity index (χ1v) is 10.9. The van der Waals surface area contributed by atoms with Crippen LogP contribution in [-0.2, 0) is 12.6 Å². The number of halogens is 1.